The van der Waals surface area contributed by atoms with E-state index < -0.39 is 22.0 Å². The molecule has 1 aromatic rings. The molecule has 7 heteroatoms. The molecule has 1 aromatic carbocycles. The van der Waals surface area contributed by atoms with E-state index in [-0.39, 0.29) is 17.4 Å². The van der Waals surface area contributed by atoms with Gasteiger partial charge in [0.25, 0.3) is 0 Å². The van der Waals surface area contributed by atoms with E-state index in [1.807, 2.05) is 0 Å². The molecule has 0 amide bonds. The van der Waals surface area contributed by atoms with Crippen LogP contribution in [0.4, 0.5) is 0 Å². The quantitative estimate of drug-likeness (QED) is 0.923. The minimum atomic E-state index is -3.87. The van der Waals surface area contributed by atoms with Gasteiger partial charge < -0.3 is 5.11 Å². The molecular formula is C14H18ClNO4S. The van der Waals surface area contributed by atoms with Crippen LogP contribution in [0.1, 0.15) is 25.3 Å². The standard InChI is InChI=1S/C14H18ClNO4S/c1-9-5-6-11(15)8-12(9)21(19,20)16-7-3-4-10(2)13(16)14(17)18/h5-6,8,10,13H,3-4,7H2,1-2H3,(H,17,18). The van der Waals surface area contributed by atoms with Gasteiger partial charge >= 0.3 is 5.97 Å². The molecule has 2 atom stereocenters. The summed E-state index contributed by atoms with van der Waals surface area (Å²) in [6.07, 6.45) is 1.36. The van der Waals surface area contributed by atoms with Crippen LogP contribution in [-0.4, -0.2) is 36.4 Å². The summed E-state index contributed by atoms with van der Waals surface area (Å²) in [4.78, 5) is 11.6. The van der Waals surface area contributed by atoms with Gasteiger partial charge in [0, 0.05) is 11.6 Å². The van der Waals surface area contributed by atoms with E-state index in [0.29, 0.717) is 23.4 Å². The second kappa shape index (κ2) is 5.94. The molecule has 1 fully saturated rings. The van der Waals surface area contributed by atoms with Crippen molar-refractivity contribution in [2.75, 3.05) is 6.54 Å². The minimum Gasteiger partial charge on any atom is -0.480 e. The lowest BCUT2D eigenvalue weighted by Gasteiger charge is -2.36. The fraction of sp³-hybridized carbons (Fsp3) is 0.500. The summed E-state index contributed by atoms with van der Waals surface area (Å²) in [5.41, 5.74) is 0.557. The second-order valence-corrected chi connectivity index (χ2v) is 7.72. The third kappa shape index (κ3) is 3.07. The number of carbonyl (C=O) groups is 1. The van der Waals surface area contributed by atoms with E-state index in [1.165, 1.54) is 6.07 Å². The second-order valence-electron chi connectivity index (χ2n) is 5.43. The van der Waals surface area contributed by atoms with Crippen LogP contribution in [0.2, 0.25) is 5.02 Å². The topological polar surface area (TPSA) is 74.7 Å². The van der Waals surface area contributed by atoms with Gasteiger partial charge in [0.05, 0.1) is 4.90 Å². The van der Waals surface area contributed by atoms with Crippen LogP contribution < -0.4 is 0 Å². The summed E-state index contributed by atoms with van der Waals surface area (Å²) < 4.78 is 26.7. The van der Waals surface area contributed by atoms with E-state index in [0.717, 1.165) is 4.31 Å². The van der Waals surface area contributed by atoms with E-state index >= 15 is 0 Å². The Balaban J connectivity index is 2.51. The molecule has 0 aliphatic carbocycles. The first-order valence-corrected chi connectivity index (χ1v) is 8.57. The first-order valence-electron chi connectivity index (χ1n) is 6.76. The maximum Gasteiger partial charge on any atom is 0.322 e. The van der Waals surface area contributed by atoms with Crippen molar-refractivity contribution >= 4 is 27.6 Å². The van der Waals surface area contributed by atoms with Gasteiger partial charge in [-0.05, 0) is 43.4 Å². The molecule has 1 aliphatic rings. The molecule has 0 spiro atoms. The Kier molecular flexibility index (Phi) is 4.60. The third-order valence-corrected chi connectivity index (χ3v) is 6.13. The Hall–Kier alpha value is -1.11. The minimum absolute atomic E-state index is 0.0790. The van der Waals surface area contributed by atoms with E-state index in [4.69, 9.17) is 11.6 Å². The number of carboxylic acid groups (broad SMARTS) is 1. The molecule has 5 nitrogen and oxygen atoms in total. The smallest absolute Gasteiger partial charge is 0.322 e. The van der Waals surface area contributed by atoms with Crippen LogP contribution in [0.25, 0.3) is 0 Å². The van der Waals surface area contributed by atoms with Crippen molar-refractivity contribution in [1.29, 1.82) is 0 Å². The highest BCUT2D eigenvalue weighted by molar-refractivity contribution is 7.89. The van der Waals surface area contributed by atoms with Gasteiger partial charge in [0.2, 0.25) is 10.0 Å². The molecule has 1 aliphatic heterocycles. The van der Waals surface area contributed by atoms with Gasteiger partial charge in [-0.3, -0.25) is 4.79 Å². The molecule has 21 heavy (non-hydrogen) atoms. The first kappa shape index (κ1) is 16.3. The molecule has 0 aromatic heterocycles. The number of nitrogens with zero attached hydrogens (tertiary/aromatic N) is 1. The average Bonchev–Trinajstić information content (AvgIpc) is 2.40. The van der Waals surface area contributed by atoms with E-state index in [9.17, 15) is 18.3 Å². The Morgan fingerprint density at radius 1 is 1.43 bits per heavy atom. The monoisotopic (exact) mass is 331 g/mol. The number of hydrogen-bond donors (Lipinski definition) is 1. The van der Waals surface area contributed by atoms with E-state index in [2.05, 4.69) is 0 Å². The predicted molar refractivity (Wildman–Crippen MR) is 79.9 cm³/mol. The highest BCUT2D eigenvalue weighted by Gasteiger charge is 2.42. The maximum absolute atomic E-state index is 12.8. The zero-order valence-corrected chi connectivity index (χ0v) is 13.5. The van der Waals surface area contributed by atoms with Gasteiger partial charge in [-0.2, -0.15) is 4.31 Å². The molecule has 0 bridgehead atoms. The van der Waals surface area contributed by atoms with E-state index in [1.54, 1.807) is 26.0 Å². The molecule has 0 saturated carbocycles. The summed E-state index contributed by atoms with van der Waals surface area (Å²) in [5, 5.41) is 9.70. The lowest BCUT2D eigenvalue weighted by Crippen LogP contribution is -2.51. The highest BCUT2D eigenvalue weighted by atomic mass is 35.5. The van der Waals surface area contributed by atoms with Gasteiger partial charge in [-0.25, -0.2) is 8.42 Å². The van der Waals surface area contributed by atoms with Crippen molar-refractivity contribution in [3.63, 3.8) is 0 Å². The van der Waals surface area contributed by atoms with Crippen LogP contribution in [0.5, 0.6) is 0 Å². The molecule has 116 valence electrons. The lowest BCUT2D eigenvalue weighted by atomic mass is 9.93. The van der Waals surface area contributed by atoms with Gasteiger partial charge in [-0.15, -0.1) is 0 Å². The maximum atomic E-state index is 12.8. The molecule has 1 N–H and O–H groups in total. The summed E-state index contributed by atoms with van der Waals surface area (Å²) >= 11 is 5.89. The lowest BCUT2D eigenvalue weighted by molar-refractivity contribution is -0.144. The predicted octanol–water partition coefficient (Wildman–Crippen LogP) is 2.52. The number of benzene rings is 1. The van der Waals surface area contributed by atoms with Crippen LogP contribution in [0, 0.1) is 12.8 Å². The molecule has 1 heterocycles. The zero-order chi connectivity index (χ0) is 15.8. The SMILES string of the molecule is Cc1ccc(Cl)cc1S(=O)(=O)N1CCCC(C)C1C(=O)O. The number of rotatable bonds is 3. The highest BCUT2D eigenvalue weighted by Crippen LogP contribution is 2.31. The normalized spacial score (nSPS) is 24.0. The molecule has 2 unspecified atom stereocenters. The Bertz CT molecular complexity index is 659. The fourth-order valence-corrected chi connectivity index (χ4v) is 4.97. The van der Waals surface area contributed by atoms with Crippen molar-refractivity contribution in [2.45, 2.75) is 37.6 Å². The van der Waals surface area contributed by atoms with Crippen molar-refractivity contribution in [2.24, 2.45) is 5.92 Å². The number of aliphatic carboxylic acids is 1. The molecular weight excluding hydrogens is 314 g/mol. The largest absolute Gasteiger partial charge is 0.480 e. The third-order valence-electron chi connectivity index (χ3n) is 3.88. The van der Waals surface area contributed by atoms with Gasteiger partial charge in [0.1, 0.15) is 6.04 Å². The number of aryl methyl sites for hydroxylation is 1. The van der Waals surface area contributed by atoms with Crippen molar-refractivity contribution in [3.05, 3.63) is 28.8 Å². The molecule has 0 radical (unpaired) electrons. The van der Waals surface area contributed by atoms with Crippen LogP contribution in [-0.2, 0) is 14.8 Å². The van der Waals surface area contributed by atoms with Crippen LogP contribution in [0.15, 0.2) is 23.1 Å². The average molecular weight is 332 g/mol. The number of sulfonamides is 1. The Labute approximate surface area is 129 Å². The Morgan fingerprint density at radius 3 is 2.71 bits per heavy atom. The summed E-state index contributed by atoms with van der Waals surface area (Å²) in [6, 6.07) is 3.59. The first-order chi connectivity index (χ1) is 9.75. The molecule has 2 rings (SSSR count). The van der Waals surface area contributed by atoms with Crippen molar-refractivity contribution in [3.8, 4) is 0 Å². The van der Waals surface area contributed by atoms with Gasteiger partial charge in [-0.1, -0.05) is 24.6 Å². The summed E-state index contributed by atoms with van der Waals surface area (Å²) in [6.45, 7) is 3.66. The van der Waals surface area contributed by atoms with Crippen molar-refractivity contribution in [1.82, 2.24) is 4.31 Å². The number of piperidine rings is 1. The zero-order valence-electron chi connectivity index (χ0n) is 11.9. The van der Waals surface area contributed by atoms with Crippen molar-refractivity contribution < 1.29 is 18.3 Å². The van der Waals surface area contributed by atoms with Crippen LogP contribution >= 0.6 is 11.6 Å². The fourth-order valence-electron chi connectivity index (χ4n) is 2.76. The van der Waals surface area contributed by atoms with Crippen LogP contribution in [0.3, 0.4) is 0 Å². The van der Waals surface area contributed by atoms with Gasteiger partial charge in [0.15, 0.2) is 0 Å². The summed E-state index contributed by atoms with van der Waals surface area (Å²) in [7, 11) is -3.87. The number of hydrogen-bond acceptors (Lipinski definition) is 3. The number of carboxylic acids is 1. The molecule has 1 saturated heterocycles. The number of halogens is 1. The summed E-state index contributed by atoms with van der Waals surface area (Å²) in [5.74, 6) is -1.32. The Morgan fingerprint density at radius 2 is 2.10 bits per heavy atom.